The smallest absolute Gasteiger partial charge is 0.282 e. The molecule has 0 spiro atoms. The van der Waals surface area contributed by atoms with Gasteiger partial charge >= 0.3 is 0 Å². The fraction of sp³-hybridized carbons (Fsp3) is 0.167. The van der Waals surface area contributed by atoms with Crippen LogP contribution in [0.15, 0.2) is 59.6 Å². The highest BCUT2D eigenvalue weighted by Crippen LogP contribution is 2.41. The number of ether oxygens (including phenoxy) is 4. The number of carbonyl (C=O) groups is 2. The average Bonchev–Trinajstić information content (AvgIpc) is 3.45. The third-order valence-corrected chi connectivity index (χ3v) is 6.04. The molecule has 0 fully saturated rings. The molecule has 0 saturated heterocycles. The lowest BCUT2D eigenvalue weighted by atomic mass is 10.1. The molecular formula is C24H22N2O6S. The molecule has 1 N–H and O–H groups in total. The van der Waals surface area contributed by atoms with E-state index in [1.807, 2.05) is 11.4 Å². The molecule has 9 heteroatoms. The van der Waals surface area contributed by atoms with Crippen molar-refractivity contribution in [3.05, 3.63) is 64.5 Å². The second kappa shape index (κ2) is 9.25. The van der Waals surface area contributed by atoms with Crippen molar-refractivity contribution in [2.45, 2.75) is 0 Å². The van der Waals surface area contributed by atoms with Gasteiger partial charge in [-0.25, -0.2) is 4.90 Å². The average molecular weight is 467 g/mol. The van der Waals surface area contributed by atoms with Crippen LogP contribution in [0.2, 0.25) is 0 Å². The molecule has 0 unspecified atom stereocenters. The van der Waals surface area contributed by atoms with Crippen molar-refractivity contribution < 1.29 is 28.5 Å². The highest BCUT2D eigenvalue weighted by Gasteiger charge is 2.42. The van der Waals surface area contributed by atoms with Gasteiger partial charge in [0.15, 0.2) is 0 Å². The molecule has 1 aliphatic heterocycles. The van der Waals surface area contributed by atoms with Crippen LogP contribution in [0.25, 0.3) is 5.57 Å². The summed E-state index contributed by atoms with van der Waals surface area (Å²) < 4.78 is 21.4. The Morgan fingerprint density at radius 2 is 1.45 bits per heavy atom. The predicted octanol–water partition coefficient (Wildman–Crippen LogP) is 4.18. The van der Waals surface area contributed by atoms with Crippen molar-refractivity contribution in [2.24, 2.45) is 0 Å². The molecule has 33 heavy (non-hydrogen) atoms. The van der Waals surface area contributed by atoms with E-state index in [2.05, 4.69) is 5.32 Å². The third-order valence-electron chi connectivity index (χ3n) is 5.15. The molecule has 2 aromatic carbocycles. The molecule has 170 valence electrons. The van der Waals surface area contributed by atoms with Crippen LogP contribution in [0.5, 0.6) is 23.0 Å². The van der Waals surface area contributed by atoms with E-state index in [1.165, 1.54) is 32.7 Å². The Hall–Kier alpha value is -3.98. The summed E-state index contributed by atoms with van der Waals surface area (Å²) in [7, 11) is 6.07. The Bertz CT molecular complexity index is 1240. The zero-order valence-corrected chi connectivity index (χ0v) is 19.3. The summed E-state index contributed by atoms with van der Waals surface area (Å²) in [6, 6.07) is 13.7. The summed E-state index contributed by atoms with van der Waals surface area (Å²) in [4.78, 5) is 28.9. The van der Waals surface area contributed by atoms with Crippen molar-refractivity contribution in [3.63, 3.8) is 0 Å². The number of hydrogen-bond acceptors (Lipinski definition) is 8. The number of hydrogen-bond donors (Lipinski definition) is 1. The first-order chi connectivity index (χ1) is 16.0. The topological polar surface area (TPSA) is 86.3 Å². The lowest BCUT2D eigenvalue weighted by Crippen LogP contribution is -2.32. The van der Waals surface area contributed by atoms with E-state index < -0.39 is 11.8 Å². The molecule has 0 saturated carbocycles. The Morgan fingerprint density at radius 3 is 2.06 bits per heavy atom. The summed E-state index contributed by atoms with van der Waals surface area (Å²) in [5, 5.41) is 4.97. The van der Waals surface area contributed by atoms with Crippen LogP contribution >= 0.6 is 11.3 Å². The van der Waals surface area contributed by atoms with E-state index in [0.29, 0.717) is 39.2 Å². The monoisotopic (exact) mass is 466 g/mol. The zero-order valence-electron chi connectivity index (χ0n) is 18.5. The summed E-state index contributed by atoms with van der Waals surface area (Å²) >= 11 is 1.37. The lowest BCUT2D eigenvalue weighted by Gasteiger charge is -2.19. The van der Waals surface area contributed by atoms with Gasteiger partial charge in [0.1, 0.15) is 28.7 Å². The molecule has 0 bridgehead atoms. The van der Waals surface area contributed by atoms with Crippen LogP contribution in [0, 0.1) is 0 Å². The number of carbonyl (C=O) groups excluding carboxylic acids is 2. The normalized spacial score (nSPS) is 13.4. The third kappa shape index (κ3) is 3.98. The Balaban J connectivity index is 1.81. The van der Waals surface area contributed by atoms with E-state index in [1.54, 1.807) is 49.6 Å². The van der Waals surface area contributed by atoms with Gasteiger partial charge in [-0.2, -0.15) is 0 Å². The van der Waals surface area contributed by atoms with Gasteiger partial charge in [0.2, 0.25) is 0 Å². The molecule has 1 aliphatic rings. The van der Waals surface area contributed by atoms with Crippen LogP contribution in [0.1, 0.15) is 4.88 Å². The molecule has 4 rings (SSSR count). The number of benzene rings is 2. The first-order valence-electron chi connectivity index (χ1n) is 9.90. The van der Waals surface area contributed by atoms with Gasteiger partial charge in [0, 0.05) is 17.0 Å². The number of methoxy groups -OCH3 is 4. The van der Waals surface area contributed by atoms with Gasteiger partial charge in [-0.05, 0) is 35.7 Å². The van der Waals surface area contributed by atoms with Crippen molar-refractivity contribution in [1.29, 1.82) is 0 Å². The molecule has 8 nitrogen and oxygen atoms in total. The minimum absolute atomic E-state index is 0.142. The molecule has 0 atom stereocenters. The second-order valence-corrected chi connectivity index (χ2v) is 7.85. The number of thiophene rings is 1. The van der Waals surface area contributed by atoms with Gasteiger partial charge in [-0.3, -0.25) is 9.59 Å². The van der Waals surface area contributed by atoms with Crippen LogP contribution < -0.4 is 29.2 Å². The van der Waals surface area contributed by atoms with Gasteiger partial charge in [0.25, 0.3) is 11.8 Å². The fourth-order valence-corrected chi connectivity index (χ4v) is 4.29. The molecule has 0 aliphatic carbocycles. The van der Waals surface area contributed by atoms with E-state index in [0.717, 1.165) is 4.90 Å². The predicted molar refractivity (Wildman–Crippen MR) is 126 cm³/mol. The van der Waals surface area contributed by atoms with E-state index in [4.69, 9.17) is 18.9 Å². The number of amides is 2. The molecule has 0 radical (unpaired) electrons. The lowest BCUT2D eigenvalue weighted by molar-refractivity contribution is -0.120. The molecule has 1 aromatic heterocycles. The van der Waals surface area contributed by atoms with Crippen LogP contribution in [0.3, 0.4) is 0 Å². The molecular weight excluding hydrogens is 444 g/mol. The van der Waals surface area contributed by atoms with E-state index in [9.17, 15) is 9.59 Å². The van der Waals surface area contributed by atoms with Gasteiger partial charge in [-0.15, -0.1) is 11.3 Å². The summed E-state index contributed by atoms with van der Waals surface area (Å²) in [6.07, 6.45) is 0. The number of rotatable bonds is 8. The summed E-state index contributed by atoms with van der Waals surface area (Å²) in [5.41, 5.74) is 1.25. The maximum Gasteiger partial charge on any atom is 0.282 e. The maximum absolute atomic E-state index is 13.6. The standard InChI is InChI=1S/C24H22N2O6S/c1-29-14-7-9-16(18(12-14)31-3)25-22-21(20-6-5-11-33-20)23(27)26(24(22)28)17-10-8-15(30-2)13-19(17)32-4/h5-13,25H,1-4H3. The molecule has 3 aromatic rings. The molecule has 2 amide bonds. The summed E-state index contributed by atoms with van der Waals surface area (Å²) in [6.45, 7) is 0. The highest BCUT2D eigenvalue weighted by atomic mass is 32.1. The van der Waals surface area contributed by atoms with Gasteiger partial charge < -0.3 is 24.3 Å². The Kier molecular flexibility index (Phi) is 6.23. The van der Waals surface area contributed by atoms with Crippen LogP contribution in [-0.4, -0.2) is 40.3 Å². The first-order valence-corrected chi connectivity index (χ1v) is 10.8. The Morgan fingerprint density at radius 1 is 0.788 bits per heavy atom. The first kappa shape index (κ1) is 22.2. The van der Waals surface area contributed by atoms with Crippen molar-refractivity contribution >= 4 is 40.1 Å². The van der Waals surface area contributed by atoms with Crippen LogP contribution in [0.4, 0.5) is 11.4 Å². The van der Waals surface area contributed by atoms with Crippen molar-refractivity contribution in [3.8, 4) is 23.0 Å². The van der Waals surface area contributed by atoms with Crippen molar-refractivity contribution in [2.75, 3.05) is 38.7 Å². The quantitative estimate of drug-likeness (QED) is 0.499. The highest BCUT2D eigenvalue weighted by molar-refractivity contribution is 7.11. The van der Waals surface area contributed by atoms with Gasteiger partial charge in [0.05, 0.1) is 45.4 Å². The van der Waals surface area contributed by atoms with Crippen LogP contribution in [-0.2, 0) is 9.59 Å². The number of nitrogens with one attached hydrogen (secondary N) is 1. The number of imide groups is 1. The fourth-order valence-electron chi connectivity index (χ4n) is 3.52. The minimum atomic E-state index is -0.510. The minimum Gasteiger partial charge on any atom is -0.497 e. The number of anilines is 2. The maximum atomic E-state index is 13.6. The van der Waals surface area contributed by atoms with E-state index in [-0.39, 0.29) is 11.3 Å². The van der Waals surface area contributed by atoms with Crippen molar-refractivity contribution in [1.82, 2.24) is 0 Å². The Labute approximate surface area is 194 Å². The van der Waals surface area contributed by atoms with E-state index >= 15 is 0 Å². The largest absolute Gasteiger partial charge is 0.497 e. The van der Waals surface area contributed by atoms with Gasteiger partial charge in [-0.1, -0.05) is 6.07 Å². The number of nitrogens with zero attached hydrogens (tertiary/aromatic N) is 1. The summed E-state index contributed by atoms with van der Waals surface area (Å²) in [5.74, 6) is 0.981. The zero-order chi connectivity index (χ0) is 23.5. The SMILES string of the molecule is COc1ccc(NC2=C(c3cccs3)C(=O)N(c3ccc(OC)cc3OC)C2=O)c(OC)c1. The second-order valence-electron chi connectivity index (χ2n) is 6.90. The molecule has 2 heterocycles.